The molecule has 6 N–H and O–H groups in total. The predicted molar refractivity (Wildman–Crippen MR) is 390 cm³/mol. The third-order valence-corrected chi connectivity index (χ3v) is 30.4. The average Bonchev–Trinajstić information content (AvgIpc) is 0.780. The number of carbonyl (C=O) groups is 13. The molecule has 0 aromatic rings. The summed E-state index contributed by atoms with van der Waals surface area (Å²) in [5.74, 6) is -11.3. The van der Waals surface area contributed by atoms with Crippen molar-refractivity contribution in [3.63, 3.8) is 0 Å². The third kappa shape index (κ3) is 31.0. The highest BCUT2D eigenvalue weighted by Crippen LogP contribution is 2.44. The van der Waals surface area contributed by atoms with E-state index in [1.54, 1.807) is 0 Å². The van der Waals surface area contributed by atoms with Gasteiger partial charge < -0.3 is 97.0 Å². The molecule has 614 valence electrons. The molecule has 0 spiro atoms. The first-order valence-electron chi connectivity index (χ1n) is 34.4. The summed E-state index contributed by atoms with van der Waals surface area (Å²) in [6.07, 6.45) is -20.9. The highest BCUT2D eigenvalue weighted by Gasteiger charge is 2.56. The van der Waals surface area contributed by atoms with Crippen molar-refractivity contribution in [3.05, 3.63) is 0 Å². The lowest BCUT2D eigenvalue weighted by molar-refractivity contribution is -0.288. The zero-order valence-corrected chi connectivity index (χ0v) is 70.5. The number of rotatable bonds is 39. The molecule has 5 amide bonds. The van der Waals surface area contributed by atoms with Gasteiger partial charge in [0.05, 0.1) is 33.5 Å². The van der Waals surface area contributed by atoms with Crippen LogP contribution in [0.1, 0.15) is 144 Å². The number of hydrogen-bond acceptors (Lipinski definition) is 29. The van der Waals surface area contributed by atoms with Crippen molar-refractivity contribution in [1.82, 2.24) is 31.9 Å². The molecule has 42 heteroatoms. The molecule has 0 saturated carbocycles. The Hall–Kier alpha value is -5.36. The summed E-state index contributed by atoms with van der Waals surface area (Å²) in [5, 5.41) is 15.6. The average molecular weight is 1690 g/mol. The monoisotopic (exact) mass is 1680 g/mol. The van der Waals surface area contributed by atoms with Gasteiger partial charge in [0.2, 0.25) is 25.3 Å². The van der Waals surface area contributed by atoms with Crippen molar-refractivity contribution in [3.8, 4) is 0 Å². The highest BCUT2D eigenvalue weighted by molar-refractivity contribution is 6.78. The van der Waals surface area contributed by atoms with Crippen molar-refractivity contribution < 1.29 is 133 Å². The van der Waals surface area contributed by atoms with Crippen LogP contribution in [-0.2, 0) is 123 Å². The van der Waals surface area contributed by atoms with Crippen LogP contribution in [0.2, 0.25) is 33.2 Å². The van der Waals surface area contributed by atoms with Gasteiger partial charge in [-0.1, -0.05) is 153 Å². The van der Waals surface area contributed by atoms with Gasteiger partial charge in [0, 0.05) is 48.0 Å². The van der Waals surface area contributed by atoms with E-state index in [0.29, 0.717) is 0 Å². The van der Waals surface area contributed by atoms with Crippen LogP contribution in [0.25, 0.3) is 0 Å². The number of carbonyl (C=O) groups excluding carboxylic acids is 13. The number of alkyl carbamates (subject to hydrolysis) is 2. The van der Waals surface area contributed by atoms with Gasteiger partial charge in [0.25, 0.3) is 0 Å². The Bertz CT molecular complexity index is 2980. The maximum Gasteiger partial charge on any atom is 0.407 e. The van der Waals surface area contributed by atoms with Crippen molar-refractivity contribution in [2.24, 2.45) is 0 Å². The zero-order valence-electron chi connectivity index (χ0n) is 64.0. The van der Waals surface area contributed by atoms with Crippen molar-refractivity contribution >= 4 is 164 Å². The molecule has 2 rings (SSSR count). The van der Waals surface area contributed by atoms with Gasteiger partial charge in [0.1, 0.15) is 81.1 Å². The first-order chi connectivity index (χ1) is 49.4. The number of ether oxygens (including phenoxy) is 13. The Morgan fingerprint density at radius 1 is 0.439 bits per heavy atom. The molecule has 0 aromatic heterocycles. The first kappa shape index (κ1) is 97.7. The highest BCUT2D eigenvalue weighted by atomic mass is 35.6. The fourth-order valence-corrected chi connectivity index (χ4v) is 24.6. The molecule has 2 aliphatic rings. The summed E-state index contributed by atoms with van der Waals surface area (Å²) in [5.41, 5.74) is -0.537. The summed E-state index contributed by atoms with van der Waals surface area (Å²) >= 11 is 35.7. The molecule has 0 aromatic carbocycles. The van der Waals surface area contributed by atoms with Crippen molar-refractivity contribution in [2.45, 2.75) is 277 Å². The minimum absolute atomic E-state index is 0.0179. The summed E-state index contributed by atoms with van der Waals surface area (Å²) < 4.78 is 82.5. The Labute approximate surface area is 655 Å². The van der Waals surface area contributed by atoms with E-state index in [9.17, 15) is 52.7 Å². The number of esters is 8. The molecule has 0 aliphatic carbocycles. The van der Waals surface area contributed by atoms with E-state index in [2.05, 4.69) is 31.9 Å². The molecule has 0 radical (unpaired) electrons. The van der Waals surface area contributed by atoms with Gasteiger partial charge in [-0.3, -0.25) is 53.3 Å². The molecule has 2 aliphatic heterocycles. The summed E-state index contributed by atoms with van der Waals surface area (Å²) in [7, 11) is -3.73. The van der Waals surface area contributed by atoms with E-state index in [-0.39, 0.29) is 39.9 Å². The van der Waals surface area contributed by atoms with Crippen LogP contribution in [0.3, 0.4) is 0 Å². The molecule has 15 atom stereocenters. The molecular weight excluding hydrogens is 1580 g/mol. The Kier molecular flexibility index (Phi) is 40.8. The first-order valence-corrected chi connectivity index (χ1v) is 41.0. The number of amides is 5. The number of alkyl halides is 6. The van der Waals surface area contributed by atoms with Gasteiger partial charge in [-0.05, 0) is 46.6 Å². The van der Waals surface area contributed by atoms with Crippen LogP contribution >= 0.6 is 69.6 Å². The predicted octanol–water partition coefficient (Wildman–Crippen LogP) is 6.55. The van der Waals surface area contributed by atoms with E-state index in [1.165, 1.54) is 6.92 Å². The fourth-order valence-electron chi connectivity index (χ4n) is 13.3. The summed E-state index contributed by atoms with van der Waals surface area (Å²) in [4.78, 5) is 179. The second-order valence-corrected chi connectivity index (χ2v) is 43.3. The second kappa shape index (κ2) is 44.6. The Morgan fingerprint density at radius 3 is 1.19 bits per heavy atom. The smallest absolute Gasteiger partial charge is 0.407 e. The summed E-state index contributed by atoms with van der Waals surface area (Å²) in [6.45, 7) is 26.0. The van der Waals surface area contributed by atoms with Crippen LogP contribution < -0.4 is 31.9 Å². The fraction of sp³-hybridized carbons (Fsp3) is 0.800. The lowest BCUT2D eigenvalue weighted by Gasteiger charge is -2.47. The van der Waals surface area contributed by atoms with Crippen LogP contribution in [0, 0.1) is 0 Å². The lowest BCUT2D eigenvalue weighted by atomic mass is 9.94. The molecular formula is C65H106Cl6N6O28Si2. The quantitative estimate of drug-likeness (QED) is 0.0164. The maximum absolute atomic E-state index is 16.3. The van der Waals surface area contributed by atoms with Gasteiger partial charge in [-0.15, -0.1) is 0 Å². The summed E-state index contributed by atoms with van der Waals surface area (Å²) in [6, 6.07) is -11.3. The van der Waals surface area contributed by atoms with Crippen LogP contribution in [0.15, 0.2) is 0 Å². The SMILES string of the molecule is COC(=O)CC[C@H](NC(=O)[C@H](CO[Si](C(C)C)(C(C)C)C(C)C)NC(=O)[C@@H](N[C@@H]1O[C@H](COC(C)=O)[C@@H](OC(C)=O)[C@H](OC(C)=O)[C@H]1NC(=O)OCC(Cl)(Cl)Cl)[C@@H](C)O[C@@H]1O[C@H](COC(C)=O)[C@@H](OC(C)=O)[C@H](OC(C)=O)[C@H]1NC(=O)OCC(Cl)(Cl)Cl)C(=O)N[C@@H](CO[Si](C(C)C)(C(C)C)C(C)C)C(=O)OC. The Morgan fingerprint density at radius 2 is 0.804 bits per heavy atom. The molecule has 107 heavy (non-hydrogen) atoms. The third-order valence-electron chi connectivity index (χ3n) is 17.5. The molecule has 0 bridgehead atoms. The molecule has 0 unspecified atom stereocenters. The standard InChI is InChI=1S/C65H106Cl6N6O28Si2/c1-30(2)106(31(3)4,32(5)6)97-24-44(57(86)72-43(22-23-48(84)91-20)56(85)74-45(60(88)92-21)25-98-107(33(7)8,34(9)10)35(11)12)73-58(87)49(75-59-50(76-62(89)95-28-64(66,67)68)54(102-41(18)82)52(100-39(16)80)46(104-59)26-93-37(14)78)36(13)99-61-51(77-63(90)96-29-65(69,70)71)55(103-42(19)83)53(101-40(17)81)47(105-61)27-94-38(15)79/h30-36,43-47,49-55,59,61,75H,22-29H2,1-21H3,(H,72,86)(H,73,87)(H,74,85)(H,76,89)(H,77,90)/t36-,43+,44+,45+,46-,47-,49+,50-,51-,52-,53-,54-,55-,59-,61-/m1/s1. The number of nitrogens with one attached hydrogen (secondary N) is 6. The van der Waals surface area contributed by atoms with E-state index < -0.39 is 239 Å². The molecule has 34 nitrogen and oxygen atoms in total. The lowest BCUT2D eigenvalue weighted by Crippen LogP contribution is -2.72. The van der Waals surface area contributed by atoms with Crippen LogP contribution in [0.4, 0.5) is 9.59 Å². The molecule has 2 heterocycles. The van der Waals surface area contributed by atoms with Gasteiger partial charge in [-0.2, -0.15) is 0 Å². The topological polar surface area (TPSA) is 433 Å². The Balaban J connectivity index is 3.39. The normalized spacial score (nSPS) is 22.0. The second-order valence-electron chi connectivity index (χ2n) is 27.3. The maximum atomic E-state index is 16.3. The van der Waals surface area contributed by atoms with E-state index in [0.717, 1.165) is 55.8 Å². The van der Waals surface area contributed by atoms with E-state index in [1.807, 2.05) is 83.1 Å². The molecule has 2 fully saturated rings. The van der Waals surface area contributed by atoms with Gasteiger partial charge in [0.15, 0.2) is 47.3 Å². The number of halogens is 6. The van der Waals surface area contributed by atoms with E-state index in [4.69, 9.17) is 140 Å². The van der Waals surface area contributed by atoms with Gasteiger partial charge in [-0.25, -0.2) is 14.4 Å². The van der Waals surface area contributed by atoms with E-state index >= 15 is 9.59 Å². The number of methoxy groups -OCH3 is 2. The largest absolute Gasteiger partial charge is 0.469 e. The van der Waals surface area contributed by atoms with Crippen molar-refractivity contribution in [2.75, 3.05) is 53.9 Å². The van der Waals surface area contributed by atoms with Crippen LogP contribution in [0.5, 0.6) is 0 Å². The molecule has 2 saturated heterocycles. The number of hydrogen-bond donors (Lipinski definition) is 6. The minimum atomic E-state index is -3.15. The zero-order chi connectivity index (χ0) is 82.1. The van der Waals surface area contributed by atoms with Crippen molar-refractivity contribution in [1.29, 1.82) is 0 Å². The minimum Gasteiger partial charge on any atom is -0.469 e. The van der Waals surface area contributed by atoms with Gasteiger partial charge >= 0.3 is 59.9 Å². The van der Waals surface area contributed by atoms with Crippen LogP contribution in [-0.4, -0.2) is 247 Å².